The molecular weight excluding hydrogens is 200 g/mol. The van der Waals surface area contributed by atoms with E-state index in [0.29, 0.717) is 12.6 Å². The second-order valence-electron chi connectivity index (χ2n) is 4.36. The van der Waals surface area contributed by atoms with Crippen LogP contribution in [0.5, 0.6) is 0 Å². The Morgan fingerprint density at radius 1 is 1.25 bits per heavy atom. The third-order valence-electron chi connectivity index (χ3n) is 3.12. The highest BCUT2D eigenvalue weighted by Gasteiger charge is 2.14. The van der Waals surface area contributed by atoms with Crippen molar-refractivity contribution in [3.63, 3.8) is 0 Å². The van der Waals surface area contributed by atoms with Crippen LogP contribution in [0.2, 0.25) is 0 Å². The first kappa shape index (κ1) is 11.6. The number of aliphatic hydroxyl groups is 1. The van der Waals surface area contributed by atoms with Crippen LogP contribution in [0.1, 0.15) is 24.5 Å². The van der Waals surface area contributed by atoms with Crippen LogP contribution in [0, 0.1) is 0 Å². The van der Waals surface area contributed by atoms with Crippen molar-refractivity contribution in [1.29, 1.82) is 0 Å². The van der Waals surface area contributed by atoms with Gasteiger partial charge in [-0.1, -0.05) is 30.3 Å². The van der Waals surface area contributed by atoms with Crippen LogP contribution in [-0.4, -0.2) is 30.8 Å². The lowest BCUT2D eigenvalue weighted by Crippen LogP contribution is -2.41. The normalized spacial score (nSPS) is 19.6. The molecule has 1 fully saturated rings. The van der Waals surface area contributed by atoms with E-state index >= 15 is 0 Å². The van der Waals surface area contributed by atoms with E-state index in [-0.39, 0.29) is 0 Å². The molecule has 0 radical (unpaired) electrons. The molecule has 16 heavy (non-hydrogen) atoms. The van der Waals surface area contributed by atoms with Gasteiger partial charge >= 0.3 is 0 Å². The van der Waals surface area contributed by atoms with Crippen molar-refractivity contribution in [2.75, 3.05) is 19.6 Å². The maximum absolute atomic E-state index is 9.97. The predicted molar refractivity (Wildman–Crippen MR) is 65.3 cm³/mol. The van der Waals surface area contributed by atoms with Gasteiger partial charge in [0.1, 0.15) is 0 Å². The third kappa shape index (κ3) is 3.30. The first-order valence-electron chi connectivity index (χ1n) is 6.03. The van der Waals surface area contributed by atoms with Crippen molar-refractivity contribution in [1.82, 2.24) is 10.6 Å². The number of benzene rings is 1. The Morgan fingerprint density at radius 2 is 1.94 bits per heavy atom. The van der Waals surface area contributed by atoms with Crippen molar-refractivity contribution in [3.05, 3.63) is 35.9 Å². The Kier molecular flexibility index (Phi) is 4.34. The fraction of sp³-hybridized carbons (Fsp3) is 0.538. The van der Waals surface area contributed by atoms with Crippen LogP contribution in [0.25, 0.3) is 0 Å². The summed E-state index contributed by atoms with van der Waals surface area (Å²) < 4.78 is 0. The standard InChI is InChI=1S/C13H20N2O/c16-13(11-4-2-1-3-5-11)10-15-12-6-8-14-9-7-12/h1-5,12-16H,6-10H2. The fourth-order valence-electron chi connectivity index (χ4n) is 2.10. The first-order valence-corrected chi connectivity index (χ1v) is 6.03. The fourth-order valence-corrected chi connectivity index (χ4v) is 2.10. The largest absolute Gasteiger partial charge is 0.387 e. The number of hydrogen-bond donors (Lipinski definition) is 3. The Bertz CT molecular complexity index is 296. The van der Waals surface area contributed by atoms with Gasteiger partial charge in [-0.3, -0.25) is 0 Å². The van der Waals surface area contributed by atoms with Gasteiger partial charge in [0, 0.05) is 12.6 Å². The lowest BCUT2D eigenvalue weighted by molar-refractivity contribution is 0.166. The molecule has 0 saturated carbocycles. The number of nitrogens with one attached hydrogen (secondary N) is 2. The predicted octanol–water partition coefficient (Wildman–Crippen LogP) is 1.06. The van der Waals surface area contributed by atoms with E-state index in [9.17, 15) is 5.11 Å². The van der Waals surface area contributed by atoms with Gasteiger partial charge in [0.15, 0.2) is 0 Å². The van der Waals surface area contributed by atoms with Gasteiger partial charge < -0.3 is 15.7 Å². The Labute approximate surface area is 96.9 Å². The minimum atomic E-state index is -0.393. The molecule has 3 nitrogen and oxygen atoms in total. The van der Waals surface area contributed by atoms with E-state index in [1.54, 1.807) is 0 Å². The second kappa shape index (κ2) is 5.99. The molecule has 1 heterocycles. The van der Waals surface area contributed by atoms with Gasteiger partial charge in [0.25, 0.3) is 0 Å². The summed E-state index contributed by atoms with van der Waals surface area (Å²) in [5.41, 5.74) is 0.990. The maximum atomic E-state index is 9.97. The monoisotopic (exact) mass is 220 g/mol. The first-order chi connectivity index (χ1) is 7.86. The molecule has 3 N–H and O–H groups in total. The molecule has 0 aromatic heterocycles. The highest BCUT2D eigenvalue weighted by molar-refractivity contribution is 5.17. The highest BCUT2D eigenvalue weighted by Crippen LogP contribution is 2.11. The molecule has 1 saturated heterocycles. The van der Waals surface area contributed by atoms with E-state index in [2.05, 4.69) is 10.6 Å². The number of rotatable bonds is 4. The molecule has 1 aliphatic heterocycles. The summed E-state index contributed by atoms with van der Waals surface area (Å²) in [6.07, 6.45) is 1.92. The van der Waals surface area contributed by atoms with Gasteiger partial charge in [-0.25, -0.2) is 0 Å². The van der Waals surface area contributed by atoms with Gasteiger partial charge in [-0.05, 0) is 31.5 Å². The maximum Gasteiger partial charge on any atom is 0.0914 e. The Morgan fingerprint density at radius 3 is 2.62 bits per heavy atom. The summed E-state index contributed by atoms with van der Waals surface area (Å²) in [7, 11) is 0. The molecule has 2 rings (SSSR count). The lowest BCUT2D eigenvalue weighted by atomic mass is 10.1. The van der Waals surface area contributed by atoms with Crippen molar-refractivity contribution < 1.29 is 5.11 Å². The summed E-state index contributed by atoms with van der Waals surface area (Å²) in [6.45, 7) is 2.81. The molecular formula is C13H20N2O. The van der Waals surface area contributed by atoms with Crippen molar-refractivity contribution >= 4 is 0 Å². The number of aliphatic hydroxyl groups excluding tert-OH is 1. The highest BCUT2D eigenvalue weighted by atomic mass is 16.3. The summed E-state index contributed by atoms with van der Waals surface area (Å²) in [5, 5.41) is 16.7. The van der Waals surface area contributed by atoms with E-state index in [1.165, 1.54) is 0 Å². The average molecular weight is 220 g/mol. The van der Waals surface area contributed by atoms with Crippen LogP contribution >= 0.6 is 0 Å². The van der Waals surface area contributed by atoms with Gasteiger partial charge in [0.05, 0.1) is 6.10 Å². The van der Waals surface area contributed by atoms with E-state index in [4.69, 9.17) is 0 Å². The molecule has 1 aromatic carbocycles. The third-order valence-corrected chi connectivity index (χ3v) is 3.12. The minimum Gasteiger partial charge on any atom is -0.387 e. The second-order valence-corrected chi connectivity index (χ2v) is 4.36. The van der Waals surface area contributed by atoms with Crippen LogP contribution in [-0.2, 0) is 0 Å². The molecule has 0 spiro atoms. The molecule has 1 aliphatic rings. The minimum absolute atomic E-state index is 0.393. The SMILES string of the molecule is OC(CNC1CCNCC1)c1ccccc1. The van der Waals surface area contributed by atoms with E-state index in [1.807, 2.05) is 30.3 Å². The number of hydrogen-bond acceptors (Lipinski definition) is 3. The summed E-state index contributed by atoms with van der Waals surface area (Å²) in [5.74, 6) is 0. The summed E-state index contributed by atoms with van der Waals surface area (Å²) >= 11 is 0. The zero-order valence-corrected chi connectivity index (χ0v) is 9.52. The Balaban J connectivity index is 1.77. The molecule has 1 unspecified atom stereocenters. The van der Waals surface area contributed by atoms with Crippen molar-refractivity contribution in [2.24, 2.45) is 0 Å². The van der Waals surface area contributed by atoms with Gasteiger partial charge in [-0.2, -0.15) is 0 Å². The molecule has 1 atom stereocenters. The van der Waals surface area contributed by atoms with Crippen LogP contribution in [0.4, 0.5) is 0 Å². The van der Waals surface area contributed by atoms with Crippen LogP contribution < -0.4 is 10.6 Å². The van der Waals surface area contributed by atoms with Gasteiger partial charge in [0.2, 0.25) is 0 Å². The van der Waals surface area contributed by atoms with Gasteiger partial charge in [-0.15, -0.1) is 0 Å². The molecule has 88 valence electrons. The quantitative estimate of drug-likeness (QED) is 0.711. The smallest absolute Gasteiger partial charge is 0.0914 e. The summed E-state index contributed by atoms with van der Waals surface area (Å²) in [4.78, 5) is 0. The molecule has 1 aromatic rings. The van der Waals surface area contributed by atoms with Crippen molar-refractivity contribution in [2.45, 2.75) is 25.0 Å². The van der Waals surface area contributed by atoms with Crippen LogP contribution in [0.15, 0.2) is 30.3 Å². The van der Waals surface area contributed by atoms with E-state index in [0.717, 1.165) is 31.5 Å². The zero-order chi connectivity index (χ0) is 11.2. The molecule has 3 heteroatoms. The zero-order valence-electron chi connectivity index (χ0n) is 9.52. The molecule has 0 amide bonds. The summed E-state index contributed by atoms with van der Waals surface area (Å²) in [6, 6.07) is 10.4. The van der Waals surface area contributed by atoms with E-state index < -0.39 is 6.10 Å². The lowest BCUT2D eigenvalue weighted by Gasteiger charge is -2.25. The van der Waals surface area contributed by atoms with Crippen LogP contribution in [0.3, 0.4) is 0 Å². The number of piperidine rings is 1. The molecule has 0 bridgehead atoms. The average Bonchev–Trinajstić information content (AvgIpc) is 2.38. The van der Waals surface area contributed by atoms with Crippen molar-refractivity contribution in [3.8, 4) is 0 Å². The molecule has 0 aliphatic carbocycles. The topological polar surface area (TPSA) is 44.3 Å². The Hall–Kier alpha value is -0.900.